The summed E-state index contributed by atoms with van der Waals surface area (Å²) in [5.74, 6) is 0.940. The highest BCUT2D eigenvalue weighted by Gasteiger charge is 2.31. The molecular formula is C16H27N5O. The number of likely N-dealkylation sites (N-methyl/N-ethyl adjacent to an activating group) is 1. The summed E-state index contributed by atoms with van der Waals surface area (Å²) in [4.78, 5) is 27.1. The van der Waals surface area contributed by atoms with Crippen LogP contribution < -0.4 is 0 Å². The molecule has 1 saturated heterocycles. The minimum atomic E-state index is 0.145. The second-order valence-corrected chi connectivity index (χ2v) is 6.48. The zero-order chi connectivity index (χ0) is 16.3. The van der Waals surface area contributed by atoms with Crippen LogP contribution in [0.2, 0.25) is 0 Å². The summed E-state index contributed by atoms with van der Waals surface area (Å²) in [6.07, 6.45) is 4.09. The predicted octanol–water partition coefficient (Wildman–Crippen LogP) is 1.07. The molecule has 0 aliphatic carbocycles. The van der Waals surface area contributed by atoms with Crippen LogP contribution in [0.4, 0.5) is 0 Å². The van der Waals surface area contributed by atoms with Crippen molar-refractivity contribution >= 4 is 5.91 Å². The van der Waals surface area contributed by atoms with E-state index < -0.39 is 0 Å². The van der Waals surface area contributed by atoms with Crippen molar-refractivity contribution in [3.8, 4) is 0 Å². The summed E-state index contributed by atoms with van der Waals surface area (Å²) >= 11 is 0. The van der Waals surface area contributed by atoms with Gasteiger partial charge in [0.1, 0.15) is 5.82 Å². The lowest BCUT2D eigenvalue weighted by molar-refractivity contribution is -0.130. The zero-order valence-corrected chi connectivity index (χ0v) is 14.3. The summed E-state index contributed by atoms with van der Waals surface area (Å²) < 4.78 is 0. The van der Waals surface area contributed by atoms with Crippen molar-refractivity contribution in [2.75, 3.05) is 41.3 Å². The second-order valence-electron chi connectivity index (χ2n) is 6.48. The number of amides is 1. The third kappa shape index (κ3) is 4.01. The van der Waals surface area contributed by atoms with Crippen molar-refractivity contribution < 1.29 is 4.79 Å². The van der Waals surface area contributed by atoms with E-state index in [0.717, 1.165) is 43.0 Å². The van der Waals surface area contributed by atoms with Crippen LogP contribution >= 0.6 is 0 Å². The molecule has 0 unspecified atom stereocenters. The topological polar surface area (TPSA) is 52.6 Å². The number of likely N-dealkylation sites (tertiary alicyclic amines) is 1. The maximum Gasteiger partial charge on any atom is 0.236 e. The van der Waals surface area contributed by atoms with Gasteiger partial charge >= 0.3 is 0 Å². The van der Waals surface area contributed by atoms with Crippen LogP contribution in [-0.2, 0) is 11.3 Å². The molecule has 0 aromatic carbocycles. The number of aromatic nitrogens is 2. The molecule has 2 heterocycles. The van der Waals surface area contributed by atoms with E-state index in [1.54, 1.807) is 19.0 Å². The SMILES string of the molecule is Cc1ncc(CN(C)C)c([C@H]2CCCN2CC(=O)N(C)C)n1. The molecule has 22 heavy (non-hydrogen) atoms. The first-order chi connectivity index (χ1) is 10.4. The van der Waals surface area contributed by atoms with Gasteiger partial charge in [-0.3, -0.25) is 9.69 Å². The number of aryl methyl sites for hydroxylation is 1. The Bertz CT molecular complexity index is 529. The Morgan fingerprint density at radius 1 is 1.36 bits per heavy atom. The van der Waals surface area contributed by atoms with Crippen LogP contribution in [0.15, 0.2) is 6.20 Å². The third-order valence-electron chi connectivity index (χ3n) is 4.02. The highest BCUT2D eigenvalue weighted by atomic mass is 16.2. The fourth-order valence-corrected chi connectivity index (χ4v) is 2.90. The molecule has 1 aliphatic rings. The largest absolute Gasteiger partial charge is 0.348 e. The van der Waals surface area contributed by atoms with Crippen LogP contribution in [0.5, 0.6) is 0 Å². The first kappa shape index (κ1) is 16.8. The highest BCUT2D eigenvalue weighted by molar-refractivity contribution is 5.77. The molecule has 1 aromatic heterocycles. The van der Waals surface area contributed by atoms with Crippen molar-refractivity contribution in [3.05, 3.63) is 23.3 Å². The minimum Gasteiger partial charge on any atom is -0.348 e. The maximum atomic E-state index is 12.0. The van der Waals surface area contributed by atoms with Crippen molar-refractivity contribution in [1.82, 2.24) is 24.7 Å². The Balaban J connectivity index is 2.25. The van der Waals surface area contributed by atoms with Crippen molar-refractivity contribution in [2.24, 2.45) is 0 Å². The molecule has 0 bridgehead atoms. The molecule has 1 atom stereocenters. The van der Waals surface area contributed by atoms with Gasteiger partial charge in [0.15, 0.2) is 0 Å². The first-order valence-corrected chi connectivity index (χ1v) is 7.80. The van der Waals surface area contributed by atoms with Crippen molar-refractivity contribution in [3.63, 3.8) is 0 Å². The minimum absolute atomic E-state index is 0.145. The Kier molecular flexibility index (Phi) is 5.47. The van der Waals surface area contributed by atoms with E-state index in [9.17, 15) is 4.79 Å². The summed E-state index contributed by atoms with van der Waals surface area (Å²) in [6, 6.07) is 0.223. The van der Waals surface area contributed by atoms with Crippen LogP contribution in [0.25, 0.3) is 0 Å². The average molecular weight is 305 g/mol. The van der Waals surface area contributed by atoms with Gasteiger partial charge in [-0.2, -0.15) is 0 Å². The monoisotopic (exact) mass is 305 g/mol. The molecular weight excluding hydrogens is 278 g/mol. The fraction of sp³-hybridized carbons (Fsp3) is 0.688. The van der Waals surface area contributed by atoms with E-state index in [0.29, 0.717) is 6.54 Å². The van der Waals surface area contributed by atoms with Crippen LogP contribution in [0.3, 0.4) is 0 Å². The molecule has 1 fully saturated rings. The number of hydrogen-bond acceptors (Lipinski definition) is 5. The number of hydrogen-bond donors (Lipinski definition) is 0. The van der Waals surface area contributed by atoms with E-state index in [2.05, 4.69) is 14.8 Å². The number of carbonyl (C=O) groups is 1. The molecule has 0 spiro atoms. The van der Waals surface area contributed by atoms with Gasteiger partial charge in [0, 0.05) is 32.4 Å². The van der Waals surface area contributed by atoms with Gasteiger partial charge in [-0.1, -0.05) is 0 Å². The normalized spacial score (nSPS) is 18.9. The van der Waals surface area contributed by atoms with E-state index >= 15 is 0 Å². The lowest BCUT2D eigenvalue weighted by Gasteiger charge is -2.27. The van der Waals surface area contributed by atoms with Gasteiger partial charge in [0.25, 0.3) is 0 Å². The van der Waals surface area contributed by atoms with Crippen LogP contribution in [0.1, 0.15) is 36.0 Å². The lowest BCUT2D eigenvalue weighted by atomic mass is 10.1. The van der Waals surface area contributed by atoms with Crippen LogP contribution in [0, 0.1) is 6.92 Å². The van der Waals surface area contributed by atoms with E-state index in [4.69, 9.17) is 4.98 Å². The highest BCUT2D eigenvalue weighted by Crippen LogP contribution is 2.32. The lowest BCUT2D eigenvalue weighted by Crippen LogP contribution is -2.37. The van der Waals surface area contributed by atoms with E-state index in [-0.39, 0.29) is 11.9 Å². The fourth-order valence-electron chi connectivity index (χ4n) is 2.90. The van der Waals surface area contributed by atoms with Gasteiger partial charge in [0.2, 0.25) is 5.91 Å². The first-order valence-electron chi connectivity index (χ1n) is 7.80. The van der Waals surface area contributed by atoms with Crippen LogP contribution in [-0.4, -0.2) is 71.9 Å². The molecule has 1 aromatic rings. The van der Waals surface area contributed by atoms with Crippen molar-refractivity contribution in [2.45, 2.75) is 32.4 Å². The predicted molar refractivity (Wildman–Crippen MR) is 86.4 cm³/mol. The number of carbonyl (C=O) groups excluding carboxylic acids is 1. The zero-order valence-electron chi connectivity index (χ0n) is 14.3. The van der Waals surface area contributed by atoms with Crippen molar-refractivity contribution in [1.29, 1.82) is 0 Å². The molecule has 6 nitrogen and oxygen atoms in total. The van der Waals surface area contributed by atoms with Gasteiger partial charge in [-0.15, -0.1) is 0 Å². The third-order valence-corrected chi connectivity index (χ3v) is 4.02. The van der Waals surface area contributed by atoms with Gasteiger partial charge in [-0.05, 0) is 40.4 Å². The Morgan fingerprint density at radius 3 is 2.73 bits per heavy atom. The number of rotatable bonds is 5. The van der Waals surface area contributed by atoms with E-state index in [1.165, 1.54) is 0 Å². The second kappa shape index (κ2) is 7.15. The summed E-state index contributed by atoms with van der Waals surface area (Å²) in [6.45, 7) is 4.16. The maximum absolute atomic E-state index is 12.0. The van der Waals surface area contributed by atoms with Gasteiger partial charge < -0.3 is 9.80 Å². The molecule has 122 valence electrons. The smallest absolute Gasteiger partial charge is 0.236 e. The summed E-state index contributed by atoms with van der Waals surface area (Å²) in [5, 5.41) is 0. The Hall–Kier alpha value is -1.53. The Labute approximate surface area is 133 Å². The number of nitrogens with zero attached hydrogens (tertiary/aromatic N) is 5. The average Bonchev–Trinajstić information content (AvgIpc) is 2.88. The molecule has 1 amide bonds. The molecule has 2 rings (SSSR count). The van der Waals surface area contributed by atoms with Gasteiger partial charge in [-0.25, -0.2) is 9.97 Å². The quantitative estimate of drug-likeness (QED) is 0.814. The Morgan fingerprint density at radius 2 is 2.09 bits per heavy atom. The molecule has 0 radical (unpaired) electrons. The molecule has 1 aliphatic heterocycles. The van der Waals surface area contributed by atoms with Gasteiger partial charge in [0.05, 0.1) is 18.3 Å². The van der Waals surface area contributed by atoms with E-state index in [1.807, 2.05) is 27.2 Å². The summed E-state index contributed by atoms with van der Waals surface area (Å²) in [5.41, 5.74) is 2.25. The molecule has 0 saturated carbocycles. The summed E-state index contributed by atoms with van der Waals surface area (Å²) in [7, 11) is 7.71. The molecule has 0 N–H and O–H groups in total. The standard InChI is InChI=1S/C16H27N5O/c1-12-17-9-13(10-19(2)3)16(18-12)14-7-6-8-21(14)11-15(22)20(4)5/h9,14H,6-8,10-11H2,1-5H3/t14-/m1/s1. The molecule has 6 heteroatoms.